The van der Waals surface area contributed by atoms with E-state index in [0.29, 0.717) is 24.4 Å². The number of hydrogen-bond donors (Lipinski definition) is 2. The van der Waals surface area contributed by atoms with Crippen molar-refractivity contribution in [2.45, 2.75) is 39.2 Å². The first kappa shape index (κ1) is 15.5. The number of aliphatic hydroxyl groups is 1. The highest BCUT2D eigenvalue weighted by atomic mass is 16.4. The fourth-order valence-electron chi connectivity index (χ4n) is 2.74. The van der Waals surface area contributed by atoms with Gasteiger partial charge in [0.1, 0.15) is 17.4 Å². The molecule has 0 radical (unpaired) electrons. The minimum atomic E-state index is -0.648. The van der Waals surface area contributed by atoms with Crippen LogP contribution in [0, 0.1) is 25.2 Å². The van der Waals surface area contributed by atoms with E-state index >= 15 is 0 Å². The highest BCUT2D eigenvalue weighted by molar-refractivity contribution is 5.92. The third-order valence-corrected chi connectivity index (χ3v) is 3.87. The number of amides is 1. The van der Waals surface area contributed by atoms with Crippen LogP contribution < -0.4 is 5.32 Å². The number of rotatable bonds is 5. The Morgan fingerprint density at radius 2 is 2.19 bits per heavy atom. The van der Waals surface area contributed by atoms with Crippen LogP contribution in [-0.4, -0.2) is 41.1 Å². The van der Waals surface area contributed by atoms with Crippen molar-refractivity contribution in [3.05, 3.63) is 16.9 Å². The number of nitrogens with zero attached hydrogens (tertiary/aromatic N) is 2. The van der Waals surface area contributed by atoms with Crippen LogP contribution >= 0.6 is 0 Å². The molecule has 1 saturated heterocycles. The van der Waals surface area contributed by atoms with Gasteiger partial charge in [-0.2, -0.15) is 5.26 Å². The number of carbonyl (C=O) groups is 1. The second kappa shape index (κ2) is 5.88. The summed E-state index contributed by atoms with van der Waals surface area (Å²) in [6.07, 6.45) is 1.67. The second-order valence-corrected chi connectivity index (χ2v) is 5.77. The number of β-amino-alcohol motifs (C(OH)–C–C–N with tert-alkyl or cyclic N) is 1. The molecule has 0 aliphatic carbocycles. The Morgan fingerprint density at radius 3 is 2.76 bits per heavy atom. The zero-order valence-electron chi connectivity index (χ0n) is 12.7. The SMILES string of the molecule is CCCC1(O)CN(CC(=O)Nc2oc(C)c(C)c2C#N)C1. The number of furan rings is 1. The van der Waals surface area contributed by atoms with E-state index in [1.54, 1.807) is 13.8 Å². The number of carbonyl (C=O) groups excluding carboxylic acids is 1. The van der Waals surface area contributed by atoms with Crippen molar-refractivity contribution < 1.29 is 14.3 Å². The highest BCUT2D eigenvalue weighted by Crippen LogP contribution is 2.27. The van der Waals surface area contributed by atoms with Crippen molar-refractivity contribution in [2.24, 2.45) is 0 Å². The normalized spacial score (nSPS) is 17.1. The Bertz CT molecular complexity index is 580. The van der Waals surface area contributed by atoms with E-state index in [1.807, 2.05) is 17.9 Å². The van der Waals surface area contributed by atoms with E-state index in [1.165, 1.54) is 0 Å². The summed E-state index contributed by atoms with van der Waals surface area (Å²) >= 11 is 0. The lowest BCUT2D eigenvalue weighted by molar-refractivity contribution is -0.129. The predicted octanol–water partition coefficient (Wildman–Crippen LogP) is 1.55. The van der Waals surface area contributed by atoms with Crippen LogP contribution in [-0.2, 0) is 4.79 Å². The quantitative estimate of drug-likeness (QED) is 0.859. The average Bonchev–Trinajstić information content (AvgIpc) is 2.62. The summed E-state index contributed by atoms with van der Waals surface area (Å²) < 4.78 is 5.40. The van der Waals surface area contributed by atoms with E-state index in [0.717, 1.165) is 18.4 Å². The van der Waals surface area contributed by atoms with Gasteiger partial charge in [-0.1, -0.05) is 13.3 Å². The van der Waals surface area contributed by atoms with E-state index in [4.69, 9.17) is 9.68 Å². The van der Waals surface area contributed by atoms with Crippen LogP contribution in [0.25, 0.3) is 0 Å². The maximum absolute atomic E-state index is 12.0. The highest BCUT2D eigenvalue weighted by Gasteiger charge is 2.40. The molecule has 6 heteroatoms. The molecular weight excluding hydrogens is 270 g/mol. The van der Waals surface area contributed by atoms with Crippen molar-refractivity contribution in [1.29, 1.82) is 5.26 Å². The van der Waals surface area contributed by atoms with Gasteiger partial charge in [0.25, 0.3) is 0 Å². The van der Waals surface area contributed by atoms with Crippen molar-refractivity contribution in [2.75, 3.05) is 25.0 Å². The third kappa shape index (κ3) is 3.26. The van der Waals surface area contributed by atoms with Gasteiger partial charge in [-0.05, 0) is 20.3 Å². The van der Waals surface area contributed by atoms with E-state index in [2.05, 4.69) is 5.32 Å². The second-order valence-electron chi connectivity index (χ2n) is 5.77. The van der Waals surface area contributed by atoms with Gasteiger partial charge in [0, 0.05) is 18.7 Å². The van der Waals surface area contributed by atoms with Gasteiger partial charge in [-0.25, -0.2) is 0 Å². The lowest BCUT2D eigenvalue weighted by atomic mass is 9.89. The van der Waals surface area contributed by atoms with E-state index in [-0.39, 0.29) is 18.3 Å². The van der Waals surface area contributed by atoms with Crippen LogP contribution in [0.15, 0.2) is 4.42 Å². The largest absolute Gasteiger partial charge is 0.444 e. The molecule has 0 saturated carbocycles. The molecule has 1 aliphatic heterocycles. The van der Waals surface area contributed by atoms with E-state index in [9.17, 15) is 9.90 Å². The molecule has 1 aromatic rings. The van der Waals surface area contributed by atoms with Gasteiger partial charge in [0.2, 0.25) is 11.8 Å². The van der Waals surface area contributed by atoms with Crippen molar-refractivity contribution >= 4 is 11.8 Å². The Balaban J connectivity index is 1.90. The van der Waals surface area contributed by atoms with Gasteiger partial charge in [0.05, 0.1) is 12.1 Å². The number of nitriles is 1. The minimum absolute atomic E-state index is 0.190. The van der Waals surface area contributed by atoms with Crippen LogP contribution in [0.4, 0.5) is 5.88 Å². The van der Waals surface area contributed by atoms with E-state index < -0.39 is 5.60 Å². The summed E-state index contributed by atoms with van der Waals surface area (Å²) in [5.41, 5.74) is 0.464. The molecule has 2 heterocycles. The molecule has 6 nitrogen and oxygen atoms in total. The standard InChI is InChI=1S/C15H21N3O3/c1-4-5-15(20)8-18(9-15)7-13(19)17-14-12(6-16)10(2)11(3)21-14/h20H,4-5,7-9H2,1-3H3,(H,17,19). The average molecular weight is 291 g/mol. The molecule has 0 unspecified atom stereocenters. The zero-order chi connectivity index (χ0) is 15.6. The Hall–Kier alpha value is -1.84. The number of aryl methyl sites for hydroxylation is 1. The molecular formula is C15H21N3O3. The molecule has 1 aromatic heterocycles. The molecule has 2 rings (SSSR count). The Labute approximate surface area is 124 Å². The molecule has 0 bridgehead atoms. The smallest absolute Gasteiger partial charge is 0.240 e. The maximum atomic E-state index is 12.0. The van der Waals surface area contributed by atoms with Crippen LogP contribution in [0.1, 0.15) is 36.7 Å². The fourth-order valence-corrected chi connectivity index (χ4v) is 2.74. The van der Waals surface area contributed by atoms with Crippen LogP contribution in [0.3, 0.4) is 0 Å². The van der Waals surface area contributed by atoms with Gasteiger partial charge in [-0.3, -0.25) is 15.0 Å². The lowest BCUT2D eigenvalue weighted by Crippen LogP contribution is -2.62. The first-order valence-electron chi connectivity index (χ1n) is 7.13. The lowest BCUT2D eigenvalue weighted by Gasteiger charge is -2.46. The topological polar surface area (TPSA) is 89.5 Å². The summed E-state index contributed by atoms with van der Waals surface area (Å²) in [6.45, 7) is 6.78. The van der Waals surface area contributed by atoms with Crippen LogP contribution in [0.5, 0.6) is 0 Å². The molecule has 1 aliphatic rings. The molecule has 0 atom stereocenters. The molecule has 114 valence electrons. The molecule has 21 heavy (non-hydrogen) atoms. The molecule has 1 fully saturated rings. The molecule has 1 amide bonds. The van der Waals surface area contributed by atoms with Gasteiger partial charge >= 0.3 is 0 Å². The summed E-state index contributed by atoms with van der Waals surface area (Å²) in [5.74, 6) is 0.601. The minimum Gasteiger partial charge on any atom is -0.444 e. The monoisotopic (exact) mass is 291 g/mol. The Kier molecular flexibility index (Phi) is 4.35. The summed E-state index contributed by atoms with van der Waals surface area (Å²) in [6, 6.07) is 2.04. The van der Waals surface area contributed by atoms with Gasteiger partial charge < -0.3 is 9.52 Å². The summed E-state index contributed by atoms with van der Waals surface area (Å²) in [4.78, 5) is 13.8. The van der Waals surface area contributed by atoms with Crippen molar-refractivity contribution in [3.63, 3.8) is 0 Å². The number of hydrogen-bond acceptors (Lipinski definition) is 5. The number of nitrogens with one attached hydrogen (secondary N) is 1. The van der Waals surface area contributed by atoms with Gasteiger partial charge in [-0.15, -0.1) is 0 Å². The maximum Gasteiger partial charge on any atom is 0.240 e. The van der Waals surface area contributed by atoms with Crippen molar-refractivity contribution in [1.82, 2.24) is 4.90 Å². The molecule has 2 N–H and O–H groups in total. The zero-order valence-corrected chi connectivity index (χ0v) is 12.7. The predicted molar refractivity (Wildman–Crippen MR) is 77.8 cm³/mol. The molecule has 0 spiro atoms. The van der Waals surface area contributed by atoms with Crippen molar-refractivity contribution in [3.8, 4) is 6.07 Å². The number of likely N-dealkylation sites (tertiary alicyclic amines) is 1. The first-order valence-corrected chi connectivity index (χ1v) is 7.13. The number of anilines is 1. The summed E-state index contributed by atoms with van der Waals surface area (Å²) in [5, 5.41) is 21.8. The fraction of sp³-hybridized carbons (Fsp3) is 0.600. The first-order chi connectivity index (χ1) is 9.88. The Morgan fingerprint density at radius 1 is 1.52 bits per heavy atom. The third-order valence-electron chi connectivity index (χ3n) is 3.87. The van der Waals surface area contributed by atoms with Crippen LogP contribution in [0.2, 0.25) is 0 Å². The van der Waals surface area contributed by atoms with Gasteiger partial charge in [0.15, 0.2) is 0 Å². The summed E-state index contributed by atoms with van der Waals surface area (Å²) in [7, 11) is 0. The molecule has 0 aromatic carbocycles.